The smallest absolute Gasteiger partial charge is 0.246 e. The van der Waals surface area contributed by atoms with Gasteiger partial charge in [0.05, 0.1) is 23.8 Å². The molecule has 0 saturated carbocycles. The molecule has 0 spiro atoms. The zero-order valence-corrected chi connectivity index (χ0v) is 21.9. The molecule has 0 fully saturated rings. The monoisotopic (exact) mass is 536 g/mol. The number of likely N-dealkylation sites (N-methyl/N-ethyl adjacent to an activating group) is 1. The van der Waals surface area contributed by atoms with Crippen LogP contribution in [0.25, 0.3) is 10.9 Å². The van der Waals surface area contributed by atoms with Gasteiger partial charge in [0, 0.05) is 34.4 Å². The SMILES string of the molecule is Cc1ccc2cccc(OCc3c(Cl)ccc(N(C)C(=O)CNC(=O)CNc4ccccc4)c3Cl)c2n1. The third kappa shape index (κ3) is 6.50. The Hall–Kier alpha value is -3.81. The Balaban J connectivity index is 1.40. The maximum atomic E-state index is 12.8. The fourth-order valence-electron chi connectivity index (χ4n) is 3.69. The maximum absolute atomic E-state index is 12.8. The van der Waals surface area contributed by atoms with Crippen molar-refractivity contribution in [1.29, 1.82) is 0 Å². The first-order valence-electron chi connectivity index (χ1n) is 11.6. The van der Waals surface area contributed by atoms with Crippen molar-refractivity contribution in [2.75, 3.05) is 30.4 Å². The van der Waals surface area contributed by atoms with Crippen LogP contribution >= 0.6 is 23.2 Å². The number of benzene rings is 3. The van der Waals surface area contributed by atoms with Crippen LogP contribution in [-0.2, 0) is 16.2 Å². The van der Waals surface area contributed by atoms with Crippen LogP contribution in [0.4, 0.5) is 11.4 Å². The molecular formula is C28H26Cl2N4O3. The second-order valence-corrected chi connectivity index (χ2v) is 9.16. The number of halogens is 2. The molecule has 1 aromatic heterocycles. The van der Waals surface area contributed by atoms with Crippen molar-refractivity contribution in [1.82, 2.24) is 10.3 Å². The van der Waals surface area contributed by atoms with Crippen LogP contribution in [0.2, 0.25) is 10.0 Å². The summed E-state index contributed by atoms with van der Waals surface area (Å²) in [5.74, 6) is -0.0336. The number of fused-ring (bicyclic) bond motifs is 1. The molecule has 0 atom stereocenters. The number of aromatic nitrogens is 1. The van der Waals surface area contributed by atoms with Crippen molar-refractivity contribution in [2.24, 2.45) is 0 Å². The molecule has 9 heteroatoms. The molecular weight excluding hydrogens is 511 g/mol. The Kier molecular flexibility index (Phi) is 8.48. The molecule has 190 valence electrons. The molecule has 0 radical (unpaired) electrons. The number of carbonyl (C=O) groups is 2. The van der Waals surface area contributed by atoms with Gasteiger partial charge < -0.3 is 20.3 Å². The first kappa shape index (κ1) is 26.3. The minimum atomic E-state index is -0.335. The number of hydrogen-bond donors (Lipinski definition) is 2. The van der Waals surface area contributed by atoms with Gasteiger partial charge in [-0.2, -0.15) is 0 Å². The number of rotatable bonds is 9. The number of pyridine rings is 1. The Labute approximate surface area is 225 Å². The molecule has 0 aliphatic rings. The van der Waals surface area contributed by atoms with Gasteiger partial charge in [0.25, 0.3) is 0 Å². The van der Waals surface area contributed by atoms with E-state index < -0.39 is 0 Å². The lowest BCUT2D eigenvalue weighted by molar-refractivity contribution is -0.123. The molecule has 2 amide bonds. The van der Waals surface area contributed by atoms with Crippen LogP contribution in [-0.4, -0.2) is 36.9 Å². The molecule has 0 bridgehead atoms. The van der Waals surface area contributed by atoms with Gasteiger partial charge in [-0.05, 0) is 43.3 Å². The van der Waals surface area contributed by atoms with E-state index in [1.54, 1.807) is 19.2 Å². The number of nitrogens with zero attached hydrogens (tertiary/aromatic N) is 2. The van der Waals surface area contributed by atoms with Crippen molar-refractivity contribution in [3.8, 4) is 5.75 Å². The second-order valence-electron chi connectivity index (χ2n) is 8.38. The Morgan fingerprint density at radius 3 is 2.51 bits per heavy atom. The molecule has 1 heterocycles. The van der Waals surface area contributed by atoms with E-state index in [-0.39, 0.29) is 31.5 Å². The van der Waals surface area contributed by atoms with E-state index in [9.17, 15) is 9.59 Å². The number of hydrogen-bond acceptors (Lipinski definition) is 5. The first-order chi connectivity index (χ1) is 17.8. The summed E-state index contributed by atoms with van der Waals surface area (Å²) in [5.41, 5.74) is 3.44. The molecule has 37 heavy (non-hydrogen) atoms. The third-order valence-electron chi connectivity index (χ3n) is 5.76. The summed E-state index contributed by atoms with van der Waals surface area (Å²) in [4.78, 5) is 30.9. The lowest BCUT2D eigenvalue weighted by atomic mass is 10.1. The van der Waals surface area contributed by atoms with E-state index in [2.05, 4.69) is 15.6 Å². The number of carbonyl (C=O) groups excluding carboxylic acids is 2. The highest BCUT2D eigenvalue weighted by atomic mass is 35.5. The molecule has 0 aliphatic heterocycles. The van der Waals surface area contributed by atoms with E-state index in [1.807, 2.05) is 67.6 Å². The Morgan fingerprint density at radius 2 is 1.73 bits per heavy atom. The largest absolute Gasteiger partial charge is 0.487 e. The highest BCUT2D eigenvalue weighted by Crippen LogP contribution is 2.35. The summed E-state index contributed by atoms with van der Waals surface area (Å²) in [6.07, 6.45) is 0. The topological polar surface area (TPSA) is 83.6 Å². The van der Waals surface area contributed by atoms with E-state index in [0.29, 0.717) is 27.0 Å². The van der Waals surface area contributed by atoms with Crippen LogP contribution in [0.15, 0.2) is 72.8 Å². The molecule has 2 N–H and O–H groups in total. The van der Waals surface area contributed by atoms with Gasteiger partial charge in [-0.15, -0.1) is 0 Å². The van der Waals surface area contributed by atoms with Gasteiger partial charge in [0.1, 0.15) is 17.9 Å². The maximum Gasteiger partial charge on any atom is 0.246 e. The van der Waals surface area contributed by atoms with E-state index >= 15 is 0 Å². The van der Waals surface area contributed by atoms with Gasteiger partial charge in [-0.1, -0.05) is 59.6 Å². The van der Waals surface area contributed by atoms with E-state index in [4.69, 9.17) is 27.9 Å². The molecule has 0 unspecified atom stereocenters. The molecule has 3 aromatic carbocycles. The van der Waals surface area contributed by atoms with Crippen LogP contribution < -0.4 is 20.3 Å². The summed E-state index contributed by atoms with van der Waals surface area (Å²) in [7, 11) is 1.59. The highest BCUT2D eigenvalue weighted by Gasteiger charge is 2.19. The Bertz CT molecular complexity index is 1430. The normalized spacial score (nSPS) is 10.7. The van der Waals surface area contributed by atoms with Gasteiger partial charge >= 0.3 is 0 Å². The van der Waals surface area contributed by atoms with Gasteiger partial charge in [-0.25, -0.2) is 4.98 Å². The molecule has 4 aromatic rings. The Morgan fingerprint density at radius 1 is 0.946 bits per heavy atom. The predicted octanol–water partition coefficient (Wildman–Crippen LogP) is 5.62. The molecule has 7 nitrogen and oxygen atoms in total. The average Bonchev–Trinajstić information content (AvgIpc) is 2.90. The predicted molar refractivity (Wildman–Crippen MR) is 149 cm³/mol. The van der Waals surface area contributed by atoms with Gasteiger partial charge in [0.2, 0.25) is 11.8 Å². The number of amides is 2. The van der Waals surface area contributed by atoms with Crippen LogP contribution in [0.5, 0.6) is 5.75 Å². The molecule has 0 aliphatic carbocycles. The summed E-state index contributed by atoms with van der Waals surface area (Å²) in [6.45, 7) is 1.87. The molecule has 0 saturated heterocycles. The fraction of sp³-hybridized carbons (Fsp3) is 0.179. The number of aryl methyl sites for hydroxylation is 1. The first-order valence-corrected chi connectivity index (χ1v) is 12.4. The van der Waals surface area contributed by atoms with Crippen LogP contribution in [0.1, 0.15) is 11.3 Å². The van der Waals surface area contributed by atoms with Crippen LogP contribution in [0, 0.1) is 6.92 Å². The van der Waals surface area contributed by atoms with Crippen molar-refractivity contribution < 1.29 is 14.3 Å². The second kappa shape index (κ2) is 12.0. The standard InChI is InChI=1S/C28H26Cl2N4O3/c1-18-11-12-19-7-6-10-24(28(19)33-18)37-17-21-22(29)13-14-23(27(21)30)34(2)26(36)16-32-25(35)15-31-20-8-4-3-5-9-20/h3-14,31H,15-17H2,1-2H3,(H,32,35). The van der Waals surface area contributed by atoms with Crippen molar-refractivity contribution in [2.45, 2.75) is 13.5 Å². The fourth-order valence-corrected chi connectivity index (χ4v) is 4.29. The number of anilines is 2. The summed E-state index contributed by atoms with van der Waals surface area (Å²) in [6, 6.07) is 22.3. The van der Waals surface area contributed by atoms with Crippen LogP contribution in [0.3, 0.4) is 0 Å². The highest BCUT2D eigenvalue weighted by molar-refractivity contribution is 6.38. The third-order valence-corrected chi connectivity index (χ3v) is 6.54. The minimum Gasteiger partial charge on any atom is -0.487 e. The summed E-state index contributed by atoms with van der Waals surface area (Å²) in [5, 5.41) is 7.30. The number of nitrogens with one attached hydrogen (secondary N) is 2. The zero-order valence-electron chi connectivity index (χ0n) is 20.4. The van der Waals surface area contributed by atoms with Crippen molar-refractivity contribution >= 4 is 57.3 Å². The van der Waals surface area contributed by atoms with E-state index in [1.165, 1.54) is 4.90 Å². The van der Waals surface area contributed by atoms with E-state index in [0.717, 1.165) is 22.3 Å². The van der Waals surface area contributed by atoms with Crippen molar-refractivity contribution in [3.63, 3.8) is 0 Å². The quantitative estimate of drug-likeness (QED) is 0.290. The number of para-hydroxylation sites is 2. The molecule has 4 rings (SSSR count). The van der Waals surface area contributed by atoms with Gasteiger partial charge in [0.15, 0.2) is 0 Å². The van der Waals surface area contributed by atoms with Gasteiger partial charge in [-0.3, -0.25) is 9.59 Å². The summed E-state index contributed by atoms with van der Waals surface area (Å²) < 4.78 is 6.06. The minimum absolute atomic E-state index is 0.0484. The lowest BCUT2D eigenvalue weighted by Crippen LogP contribution is -2.40. The number of ether oxygens (including phenoxy) is 1. The zero-order chi connectivity index (χ0) is 26.4. The summed E-state index contributed by atoms with van der Waals surface area (Å²) >= 11 is 13.1. The van der Waals surface area contributed by atoms with Crippen molar-refractivity contribution in [3.05, 3.63) is 94.1 Å². The average molecular weight is 537 g/mol. The lowest BCUT2D eigenvalue weighted by Gasteiger charge is -2.21.